The molecular weight excluding hydrogens is 442 g/mol. The predicted octanol–water partition coefficient (Wildman–Crippen LogP) is -0.152. The van der Waals surface area contributed by atoms with Gasteiger partial charge in [0.1, 0.15) is 11.5 Å². The van der Waals surface area contributed by atoms with Crippen molar-refractivity contribution in [2.75, 3.05) is 14.2 Å². The number of aromatic nitrogens is 2. The van der Waals surface area contributed by atoms with Crippen LogP contribution in [0.15, 0.2) is 61.1 Å². The molecule has 3 aromatic rings. The molecule has 2 aromatic carbocycles. The van der Waals surface area contributed by atoms with Gasteiger partial charge in [-0.1, -0.05) is 12.1 Å². The second kappa shape index (κ2) is 9.74. The van der Waals surface area contributed by atoms with Gasteiger partial charge in [0.15, 0.2) is 12.2 Å². The smallest absolute Gasteiger partial charge is 0.287 e. The maximum absolute atomic E-state index is 12.4. The van der Waals surface area contributed by atoms with E-state index in [2.05, 4.69) is 4.98 Å². The Kier molecular flexibility index (Phi) is 7.38. The van der Waals surface area contributed by atoms with Crippen LogP contribution in [0.5, 0.6) is 11.5 Å². The molecule has 0 unspecified atom stereocenters. The molecule has 0 aliphatic rings. The molecule has 0 fully saturated rings. The SMILES string of the molecule is COc1ccc(-c2cc[n+](CC(=O)c3cccc([N+](=O)[O-])c3)cn2)c(OC)c1.[Br-]. The molecule has 0 N–H and O–H groups in total. The summed E-state index contributed by atoms with van der Waals surface area (Å²) in [4.78, 5) is 27.1. The van der Waals surface area contributed by atoms with E-state index in [4.69, 9.17) is 9.47 Å². The first-order valence-corrected chi connectivity index (χ1v) is 8.37. The number of methoxy groups -OCH3 is 2. The number of hydrogen-bond donors (Lipinski definition) is 0. The summed E-state index contributed by atoms with van der Waals surface area (Å²) in [5, 5.41) is 10.9. The van der Waals surface area contributed by atoms with Crippen LogP contribution in [0.25, 0.3) is 11.3 Å². The van der Waals surface area contributed by atoms with Gasteiger partial charge in [0.25, 0.3) is 12.0 Å². The van der Waals surface area contributed by atoms with Crippen molar-refractivity contribution >= 4 is 11.5 Å². The molecule has 0 saturated heterocycles. The third-order valence-corrected chi connectivity index (χ3v) is 4.16. The van der Waals surface area contributed by atoms with Crippen LogP contribution >= 0.6 is 0 Å². The summed E-state index contributed by atoms with van der Waals surface area (Å²) in [6.07, 6.45) is 3.26. The first-order valence-electron chi connectivity index (χ1n) is 8.37. The third kappa shape index (κ3) is 5.14. The molecule has 3 rings (SSSR count). The minimum Gasteiger partial charge on any atom is -1.00 e. The number of non-ortho nitro benzene ring substituents is 1. The van der Waals surface area contributed by atoms with Crippen molar-refractivity contribution in [1.29, 1.82) is 0 Å². The van der Waals surface area contributed by atoms with E-state index in [0.717, 1.165) is 5.56 Å². The van der Waals surface area contributed by atoms with Crippen LogP contribution in [0, 0.1) is 10.1 Å². The second-order valence-corrected chi connectivity index (χ2v) is 5.91. The van der Waals surface area contributed by atoms with E-state index in [1.54, 1.807) is 43.2 Å². The lowest BCUT2D eigenvalue weighted by Crippen LogP contribution is -3.00. The van der Waals surface area contributed by atoms with Crippen molar-refractivity contribution in [2.24, 2.45) is 0 Å². The fourth-order valence-electron chi connectivity index (χ4n) is 2.70. The van der Waals surface area contributed by atoms with E-state index in [0.29, 0.717) is 17.2 Å². The van der Waals surface area contributed by atoms with Crippen molar-refractivity contribution in [2.45, 2.75) is 6.54 Å². The molecule has 0 saturated carbocycles. The zero-order valence-electron chi connectivity index (χ0n) is 15.7. The van der Waals surface area contributed by atoms with E-state index in [9.17, 15) is 14.9 Å². The monoisotopic (exact) mass is 459 g/mol. The Balaban J connectivity index is 0.00000300. The van der Waals surface area contributed by atoms with Crippen LogP contribution in [-0.2, 0) is 6.54 Å². The van der Waals surface area contributed by atoms with Gasteiger partial charge in [-0.05, 0) is 17.1 Å². The number of carbonyl (C=O) groups excluding carboxylic acids is 1. The van der Waals surface area contributed by atoms with E-state index >= 15 is 0 Å². The van der Waals surface area contributed by atoms with E-state index < -0.39 is 4.92 Å². The molecule has 0 radical (unpaired) electrons. The zero-order valence-corrected chi connectivity index (χ0v) is 17.3. The maximum atomic E-state index is 12.4. The molecule has 9 heteroatoms. The molecule has 0 aliphatic heterocycles. The highest BCUT2D eigenvalue weighted by Crippen LogP contribution is 2.31. The summed E-state index contributed by atoms with van der Waals surface area (Å²) in [6.45, 7) is 0.0220. The second-order valence-electron chi connectivity index (χ2n) is 5.91. The minimum absolute atomic E-state index is 0. The number of carbonyl (C=O) groups is 1. The lowest BCUT2D eigenvalue weighted by atomic mass is 10.1. The quantitative estimate of drug-likeness (QED) is 0.211. The van der Waals surface area contributed by atoms with Gasteiger partial charge in [-0.15, -0.1) is 0 Å². The van der Waals surface area contributed by atoms with Gasteiger partial charge in [-0.2, -0.15) is 0 Å². The Morgan fingerprint density at radius 3 is 2.55 bits per heavy atom. The molecule has 8 nitrogen and oxygen atoms in total. The van der Waals surface area contributed by atoms with Crippen molar-refractivity contribution in [3.63, 3.8) is 0 Å². The van der Waals surface area contributed by atoms with Crippen LogP contribution < -0.4 is 31.0 Å². The highest BCUT2D eigenvalue weighted by Gasteiger charge is 2.16. The van der Waals surface area contributed by atoms with Gasteiger partial charge >= 0.3 is 0 Å². The van der Waals surface area contributed by atoms with Gasteiger partial charge in [0, 0.05) is 29.8 Å². The summed E-state index contributed by atoms with van der Waals surface area (Å²) in [5.74, 6) is 1.05. The number of ketones is 1. The summed E-state index contributed by atoms with van der Waals surface area (Å²) in [7, 11) is 3.15. The van der Waals surface area contributed by atoms with Crippen molar-refractivity contribution in [1.82, 2.24) is 4.98 Å². The fraction of sp³-hybridized carbons (Fsp3) is 0.150. The minimum atomic E-state index is -0.525. The van der Waals surface area contributed by atoms with Crippen molar-refractivity contribution in [3.8, 4) is 22.8 Å². The summed E-state index contributed by atoms with van der Waals surface area (Å²) in [5.41, 5.74) is 1.64. The molecule has 150 valence electrons. The molecule has 29 heavy (non-hydrogen) atoms. The van der Waals surface area contributed by atoms with Crippen LogP contribution in [0.2, 0.25) is 0 Å². The fourth-order valence-corrected chi connectivity index (χ4v) is 2.70. The van der Waals surface area contributed by atoms with E-state index in [1.165, 1.54) is 24.5 Å². The van der Waals surface area contributed by atoms with Gasteiger partial charge in [-0.25, -0.2) is 4.57 Å². The zero-order chi connectivity index (χ0) is 20.1. The largest absolute Gasteiger partial charge is 1.00 e. The average Bonchev–Trinajstić information content (AvgIpc) is 2.73. The normalized spacial score (nSPS) is 10.0. The van der Waals surface area contributed by atoms with Gasteiger partial charge in [0.2, 0.25) is 5.78 Å². The number of nitrogens with zero attached hydrogens (tertiary/aromatic N) is 3. The number of hydrogen-bond acceptors (Lipinski definition) is 6. The Morgan fingerprint density at radius 2 is 1.93 bits per heavy atom. The molecule has 0 bridgehead atoms. The van der Waals surface area contributed by atoms with Gasteiger partial charge < -0.3 is 26.5 Å². The highest BCUT2D eigenvalue weighted by atomic mass is 79.9. The molecule has 0 aliphatic carbocycles. The number of ether oxygens (including phenoxy) is 2. The van der Waals surface area contributed by atoms with Crippen LogP contribution in [0.1, 0.15) is 10.4 Å². The Bertz CT molecular complexity index is 1020. The number of rotatable bonds is 7. The van der Waals surface area contributed by atoms with E-state index in [-0.39, 0.29) is 40.6 Å². The lowest BCUT2D eigenvalue weighted by Gasteiger charge is -2.08. The first-order chi connectivity index (χ1) is 13.5. The Labute approximate surface area is 177 Å². The number of benzene rings is 2. The third-order valence-electron chi connectivity index (χ3n) is 4.16. The Hall–Kier alpha value is -3.33. The standard InChI is InChI=1S/C20H18N3O5.BrH/c1-27-16-6-7-17(20(11-16)28-2)18-8-9-22(13-21-18)12-19(24)14-4-3-5-15(10-14)23(25)26;/h3-11,13H,12H2,1-2H3;1H/q+1;/p-1. The molecule has 1 heterocycles. The van der Waals surface area contributed by atoms with E-state index in [1.807, 2.05) is 12.1 Å². The average molecular weight is 460 g/mol. The van der Waals surface area contributed by atoms with Gasteiger partial charge in [-0.3, -0.25) is 14.9 Å². The summed E-state index contributed by atoms with van der Waals surface area (Å²) in [6, 6.07) is 12.9. The topological polar surface area (TPSA) is 95.4 Å². The number of nitro benzene ring substituents is 1. The summed E-state index contributed by atoms with van der Waals surface area (Å²) >= 11 is 0. The van der Waals surface area contributed by atoms with Crippen LogP contribution in [-0.4, -0.2) is 29.9 Å². The van der Waals surface area contributed by atoms with Crippen LogP contribution in [0.3, 0.4) is 0 Å². The number of nitro groups is 1. The summed E-state index contributed by atoms with van der Waals surface area (Å²) < 4.78 is 12.2. The molecular formula is C20H18BrN3O5. The lowest BCUT2D eigenvalue weighted by molar-refractivity contribution is -0.686. The molecule has 0 amide bonds. The van der Waals surface area contributed by atoms with Gasteiger partial charge in [0.05, 0.1) is 30.9 Å². The predicted molar refractivity (Wildman–Crippen MR) is 100 cm³/mol. The molecule has 0 atom stereocenters. The number of Topliss-reactive ketones (excluding diaryl/α,β-unsaturated/α-hetero) is 1. The van der Waals surface area contributed by atoms with Crippen molar-refractivity contribution in [3.05, 3.63) is 76.7 Å². The van der Waals surface area contributed by atoms with Crippen molar-refractivity contribution < 1.29 is 40.7 Å². The molecule has 1 aromatic heterocycles. The first kappa shape index (κ1) is 22.0. The maximum Gasteiger partial charge on any atom is 0.287 e. The Morgan fingerprint density at radius 1 is 1.14 bits per heavy atom. The van der Waals surface area contributed by atoms with Crippen LogP contribution in [0.4, 0.5) is 5.69 Å². The number of halogens is 1. The highest BCUT2D eigenvalue weighted by molar-refractivity contribution is 5.95. The molecule has 0 spiro atoms.